The number of likely N-dealkylation sites (N-methyl/N-ethyl adjacent to an activating group) is 1. The quantitative estimate of drug-likeness (QED) is 0.787. The molecular formula is C11H19N3O. The van der Waals surface area contributed by atoms with Gasteiger partial charge in [-0.15, -0.1) is 0 Å². The first-order valence-electron chi connectivity index (χ1n) is 5.08. The minimum atomic E-state index is 0.0178. The molecule has 15 heavy (non-hydrogen) atoms. The zero-order chi connectivity index (χ0) is 11.3. The maximum atomic E-state index is 5.77. The minimum absolute atomic E-state index is 0.0178. The highest BCUT2D eigenvalue weighted by Gasteiger charge is 2.02. The fraction of sp³-hybridized carbons (Fsp3) is 0.545. The predicted octanol–water partition coefficient (Wildman–Crippen LogP) is 1.04. The van der Waals surface area contributed by atoms with Crippen molar-refractivity contribution >= 4 is 0 Å². The first-order chi connectivity index (χ1) is 7.09. The second-order valence-corrected chi connectivity index (χ2v) is 3.87. The number of aromatic nitrogens is 1. The summed E-state index contributed by atoms with van der Waals surface area (Å²) in [5.41, 5.74) is 6.81. The monoisotopic (exact) mass is 209 g/mol. The molecule has 0 aromatic carbocycles. The number of ether oxygens (including phenoxy) is 1. The van der Waals surface area contributed by atoms with Crippen molar-refractivity contribution in [3.63, 3.8) is 0 Å². The Morgan fingerprint density at radius 2 is 2.27 bits per heavy atom. The molecule has 84 valence electrons. The molecule has 0 radical (unpaired) electrons. The minimum Gasteiger partial charge on any atom is -0.476 e. The molecule has 0 bridgehead atoms. The van der Waals surface area contributed by atoms with Crippen LogP contribution in [0, 0.1) is 0 Å². The SMILES string of the molecule is C[C@H](N)c1ccnc(OCCN(C)C)c1. The van der Waals surface area contributed by atoms with Gasteiger partial charge in [-0.2, -0.15) is 0 Å². The first-order valence-corrected chi connectivity index (χ1v) is 5.08. The third kappa shape index (κ3) is 4.27. The summed E-state index contributed by atoms with van der Waals surface area (Å²) in [6.45, 7) is 3.46. The average molecular weight is 209 g/mol. The summed E-state index contributed by atoms with van der Waals surface area (Å²) < 4.78 is 5.50. The van der Waals surface area contributed by atoms with Gasteiger partial charge in [0.15, 0.2) is 0 Å². The van der Waals surface area contributed by atoms with Gasteiger partial charge in [-0.1, -0.05) is 0 Å². The van der Waals surface area contributed by atoms with Gasteiger partial charge in [0.1, 0.15) is 6.61 Å². The summed E-state index contributed by atoms with van der Waals surface area (Å²) in [6, 6.07) is 3.81. The van der Waals surface area contributed by atoms with Crippen LogP contribution in [0.3, 0.4) is 0 Å². The van der Waals surface area contributed by atoms with E-state index in [1.54, 1.807) is 6.20 Å². The van der Waals surface area contributed by atoms with Crippen molar-refractivity contribution < 1.29 is 4.74 Å². The lowest BCUT2D eigenvalue weighted by molar-refractivity contribution is 0.253. The number of nitrogens with zero attached hydrogens (tertiary/aromatic N) is 2. The highest BCUT2D eigenvalue weighted by molar-refractivity contribution is 5.22. The molecule has 0 fully saturated rings. The Balaban J connectivity index is 2.50. The van der Waals surface area contributed by atoms with Gasteiger partial charge in [-0.25, -0.2) is 4.98 Å². The van der Waals surface area contributed by atoms with Gasteiger partial charge < -0.3 is 15.4 Å². The van der Waals surface area contributed by atoms with Crippen molar-refractivity contribution in [1.29, 1.82) is 0 Å². The maximum Gasteiger partial charge on any atom is 0.213 e. The number of hydrogen-bond acceptors (Lipinski definition) is 4. The molecule has 0 saturated heterocycles. The Hall–Kier alpha value is -1.13. The summed E-state index contributed by atoms with van der Waals surface area (Å²) >= 11 is 0. The van der Waals surface area contributed by atoms with Crippen LogP contribution in [-0.4, -0.2) is 37.1 Å². The molecule has 0 aliphatic carbocycles. The molecular weight excluding hydrogens is 190 g/mol. The van der Waals surface area contributed by atoms with Crippen LogP contribution in [0.25, 0.3) is 0 Å². The smallest absolute Gasteiger partial charge is 0.213 e. The lowest BCUT2D eigenvalue weighted by Gasteiger charge is -2.11. The second kappa shape index (κ2) is 5.68. The predicted molar refractivity (Wildman–Crippen MR) is 60.9 cm³/mol. The zero-order valence-corrected chi connectivity index (χ0v) is 9.60. The van der Waals surface area contributed by atoms with Gasteiger partial charge in [-0.05, 0) is 32.6 Å². The van der Waals surface area contributed by atoms with Crippen LogP contribution < -0.4 is 10.5 Å². The molecule has 1 aromatic rings. The van der Waals surface area contributed by atoms with Crippen LogP contribution in [0.4, 0.5) is 0 Å². The number of hydrogen-bond donors (Lipinski definition) is 1. The van der Waals surface area contributed by atoms with Crippen molar-refractivity contribution in [2.75, 3.05) is 27.2 Å². The first kappa shape index (κ1) is 11.9. The van der Waals surface area contributed by atoms with E-state index in [4.69, 9.17) is 10.5 Å². The fourth-order valence-electron chi connectivity index (χ4n) is 1.12. The topological polar surface area (TPSA) is 51.4 Å². The van der Waals surface area contributed by atoms with E-state index in [9.17, 15) is 0 Å². The maximum absolute atomic E-state index is 5.77. The highest BCUT2D eigenvalue weighted by atomic mass is 16.5. The Bertz CT molecular complexity index is 300. The van der Waals surface area contributed by atoms with E-state index in [0.717, 1.165) is 12.1 Å². The van der Waals surface area contributed by atoms with Crippen molar-refractivity contribution in [2.45, 2.75) is 13.0 Å². The Kier molecular flexibility index (Phi) is 4.52. The molecule has 2 N–H and O–H groups in total. The molecule has 4 nitrogen and oxygen atoms in total. The van der Waals surface area contributed by atoms with Crippen LogP contribution in [0.5, 0.6) is 5.88 Å². The van der Waals surface area contributed by atoms with Crippen molar-refractivity contribution in [3.05, 3.63) is 23.9 Å². The summed E-state index contributed by atoms with van der Waals surface area (Å²) in [7, 11) is 4.02. The van der Waals surface area contributed by atoms with E-state index in [-0.39, 0.29) is 6.04 Å². The summed E-state index contributed by atoms with van der Waals surface area (Å²) in [6.07, 6.45) is 1.73. The summed E-state index contributed by atoms with van der Waals surface area (Å²) in [5.74, 6) is 0.645. The lowest BCUT2D eigenvalue weighted by atomic mass is 10.1. The molecule has 0 spiro atoms. The molecule has 0 unspecified atom stereocenters. The van der Waals surface area contributed by atoms with Gasteiger partial charge in [0.2, 0.25) is 5.88 Å². The van der Waals surface area contributed by atoms with Gasteiger partial charge in [0, 0.05) is 24.8 Å². The van der Waals surface area contributed by atoms with Gasteiger partial charge >= 0.3 is 0 Å². The molecule has 0 aliphatic heterocycles. The van der Waals surface area contributed by atoms with E-state index in [1.807, 2.05) is 33.2 Å². The van der Waals surface area contributed by atoms with Crippen LogP contribution in [0.15, 0.2) is 18.3 Å². The van der Waals surface area contributed by atoms with E-state index in [2.05, 4.69) is 9.88 Å². The molecule has 1 heterocycles. The largest absolute Gasteiger partial charge is 0.476 e. The van der Waals surface area contributed by atoms with Crippen molar-refractivity contribution in [1.82, 2.24) is 9.88 Å². The Morgan fingerprint density at radius 3 is 2.87 bits per heavy atom. The average Bonchev–Trinajstić information content (AvgIpc) is 2.17. The second-order valence-electron chi connectivity index (χ2n) is 3.87. The molecule has 0 aliphatic rings. The summed E-state index contributed by atoms with van der Waals surface area (Å²) in [4.78, 5) is 6.19. The normalized spacial score (nSPS) is 12.9. The lowest BCUT2D eigenvalue weighted by Crippen LogP contribution is -2.19. The molecule has 4 heteroatoms. The van der Waals surface area contributed by atoms with E-state index < -0.39 is 0 Å². The Morgan fingerprint density at radius 1 is 1.53 bits per heavy atom. The van der Waals surface area contributed by atoms with Crippen LogP contribution in [0.2, 0.25) is 0 Å². The third-order valence-electron chi connectivity index (χ3n) is 2.07. The van der Waals surface area contributed by atoms with Crippen molar-refractivity contribution in [3.8, 4) is 5.88 Å². The number of rotatable bonds is 5. The van der Waals surface area contributed by atoms with Gasteiger partial charge in [0.05, 0.1) is 0 Å². The number of nitrogens with two attached hydrogens (primary N) is 1. The van der Waals surface area contributed by atoms with Gasteiger partial charge in [0.25, 0.3) is 0 Å². The van der Waals surface area contributed by atoms with E-state index >= 15 is 0 Å². The molecule has 0 saturated carbocycles. The fourth-order valence-corrected chi connectivity index (χ4v) is 1.12. The van der Waals surface area contributed by atoms with Crippen LogP contribution >= 0.6 is 0 Å². The highest BCUT2D eigenvalue weighted by Crippen LogP contribution is 2.14. The van der Waals surface area contributed by atoms with Crippen LogP contribution in [-0.2, 0) is 0 Å². The molecule has 1 aromatic heterocycles. The third-order valence-corrected chi connectivity index (χ3v) is 2.07. The standard InChI is InChI=1S/C11H19N3O/c1-9(12)10-4-5-13-11(8-10)15-7-6-14(2)3/h4-5,8-9H,6-7,12H2,1-3H3/t9-/m0/s1. The Labute approximate surface area is 91.1 Å². The number of pyridine rings is 1. The molecule has 1 rings (SSSR count). The summed E-state index contributed by atoms with van der Waals surface area (Å²) in [5, 5.41) is 0. The van der Waals surface area contributed by atoms with E-state index in [1.165, 1.54) is 0 Å². The van der Waals surface area contributed by atoms with Crippen LogP contribution in [0.1, 0.15) is 18.5 Å². The van der Waals surface area contributed by atoms with Gasteiger partial charge in [-0.3, -0.25) is 0 Å². The molecule has 1 atom stereocenters. The van der Waals surface area contributed by atoms with E-state index in [0.29, 0.717) is 12.5 Å². The zero-order valence-electron chi connectivity index (χ0n) is 9.60. The molecule has 0 amide bonds. The van der Waals surface area contributed by atoms with Crippen molar-refractivity contribution in [2.24, 2.45) is 5.73 Å².